The Morgan fingerprint density at radius 1 is 1.20 bits per heavy atom. The minimum Gasteiger partial charge on any atom is -0.351 e. The Morgan fingerprint density at radius 2 is 1.76 bits per heavy atom. The predicted molar refractivity (Wildman–Crippen MR) is 85.7 cm³/mol. The van der Waals surface area contributed by atoms with E-state index in [0.717, 1.165) is 17.9 Å². The zero-order valence-corrected chi connectivity index (χ0v) is 14.5. The van der Waals surface area contributed by atoms with Crippen molar-refractivity contribution in [2.45, 2.75) is 64.2 Å². The molecule has 1 amide bonds. The van der Waals surface area contributed by atoms with E-state index in [2.05, 4.69) is 10.4 Å². The van der Waals surface area contributed by atoms with E-state index < -0.39 is 17.9 Å². The van der Waals surface area contributed by atoms with Gasteiger partial charge in [-0.05, 0) is 75.7 Å². The molecule has 25 heavy (non-hydrogen) atoms. The lowest BCUT2D eigenvalue weighted by Crippen LogP contribution is -2.56. The van der Waals surface area contributed by atoms with E-state index in [4.69, 9.17) is 0 Å². The van der Waals surface area contributed by atoms with Crippen LogP contribution in [-0.4, -0.2) is 21.7 Å². The van der Waals surface area contributed by atoms with Crippen molar-refractivity contribution in [2.75, 3.05) is 0 Å². The molecule has 1 aromatic rings. The minimum absolute atomic E-state index is 0.181. The lowest BCUT2D eigenvalue weighted by Gasteiger charge is -2.54. The molecule has 0 radical (unpaired) electrons. The van der Waals surface area contributed by atoms with Crippen molar-refractivity contribution in [1.29, 1.82) is 0 Å². The third-order valence-electron chi connectivity index (χ3n) is 6.49. The third-order valence-corrected chi connectivity index (χ3v) is 6.49. The van der Waals surface area contributed by atoms with Crippen LogP contribution in [0, 0.1) is 30.6 Å². The molecule has 0 aliphatic heterocycles. The summed E-state index contributed by atoms with van der Waals surface area (Å²) in [5, 5.41) is 6.77. The molecule has 0 unspecified atom stereocenters. The van der Waals surface area contributed by atoms with Gasteiger partial charge in [-0.15, -0.1) is 0 Å². The summed E-state index contributed by atoms with van der Waals surface area (Å²) < 4.78 is 39.7. The molecule has 4 aliphatic rings. The van der Waals surface area contributed by atoms with Crippen molar-refractivity contribution in [2.24, 2.45) is 23.7 Å². The molecule has 138 valence electrons. The van der Waals surface area contributed by atoms with Gasteiger partial charge in [-0.1, -0.05) is 0 Å². The SMILES string of the molecule is Cc1cc(C(F)(F)F)nn1[C@@H](C)C(=O)NC1C2CC3CC(C2)CC1C3. The van der Waals surface area contributed by atoms with Gasteiger partial charge < -0.3 is 5.32 Å². The summed E-state index contributed by atoms with van der Waals surface area (Å²) in [5.41, 5.74) is -0.598. The Morgan fingerprint density at radius 3 is 2.24 bits per heavy atom. The van der Waals surface area contributed by atoms with Crippen LogP contribution in [0.25, 0.3) is 0 Å². The van der Waals surface area contributed by atoms with E-state index in [1.165, 1.54) is 36.8 Å². The third kappa shape index (κ3) is 2.95. The summed E-state index contributed by atoms with van der Waals surface area (Å²) in [5.74, 6) is 2.48. The lowest BCUT2D eigenvalue weighted by atomic mass is 9.54. The number of nitrogens with one attached hydrogen (secondary N) is 1. The number of carbonyl (C=O) groups is 1. The highest BCUT2D eigenvalue weighted by atomic mass is 19.4. The molecule has 4 fully saturated rings. The highest BCUT2D eigenvalue weighted by Gasteiger charge is 2.49. The van der Waals surface area contributed by atoms with Gasteiger partial charge in [-0.3, -0.25) is 9.48 Å². The fourth-order valence-corrected chi connectivity index (χ4v) is 5.58. The fraction of sp³-hybridized carbons (Fsp3) is 0.778. The number of rotatable bonds is 3. The van der Waals surface area contributed by atoms with Gasteiger partial charge in [0.15, 0.2) is 5.69 Å². The van der Waals surface area contributed by atoms with E-state index in [9.17, 15) is 18.0 Å². The van der Waals surface area contributed by atoms with Crippen LogP contribution >= 0.6 is 0 Å². The van der Waals surface area contributed by atoms with Gasteiger partial charge >= 0.3 is 6.18 Å². The van der Waals surface area contributed by atoms with Crippen molar-refractivity contribution in [3.8, 4) is 0 Å². The van der Waals surface area contributed by atoms with E-state index >= 15 is 0 Å². The predicted octanol–water partition coefficient (Wildman–Crippen LogP) is 3.71. The average molecular weight is 355 g/mol. The second kappa shape index (κ2) is 5.74. The summed E-state index contributed by atoms with van der Waals surface area (Å²) in [7, 11) is 0. The van der Waals surface area contributed by atoms with Gasteiger partial charge in [0.2, 0.25) is 5.91 Å². The number of aryl methyl sites for hydroxylation is 1. The first-order chi connectivity index (χ1) is 11.7. The topological polar surface area (TPSA) is 46.9 Å². The van der Waals surface area contributed by atoms with Gasteiger partial charge in [0.1, 0.15) is 6.04 Å². The average Bonchev–Trinajstić information content (AvgIpc) is 2.91. The van der Waals surface area contributed by atoms with E-state index in [-0.39, 0.29) is 11.9 Å². The van der Waals surface area contributed by atoms with Crippen molar-refractivity contribution >= 4 is 5.91 Å². The Hall–Kier alpha value is -1.53. The highest BCUT2D eigenvalue weighted by molar-refractivity contribution is 5.80. The Labute approximate surface area is 145 Å². The zero-order valence-electron chi connectivity index (χ0n) is 14.5. The molecule has 4 saturated carbocycles. The summed E-state index contributed by atoms with van der Waals surface area (Å²) >= 11 is 0. The maximum atomic E-state index is 12.8. The smallest absolute Gasteiger partial charge is 0.351 e. The van der Waals surface area contributed by atoms with Crippen LogP contribution in [0.4, 0.5) is 13.2 Å². The first-order valence-electron chi connectivity index (χ1n) is 9.16. The van der Waals surface area contributed by atoms with E-state index in [0.29, 0.717) is 17.5 Å². The summed E-state index contributed by atoms with van der Waals surface area (Å²) in [6, 6.07) is 0.432. The molecule has 4 aliphatic carbocycles. The van der Waals surface area contributed by atoms with Crippen LogP contribution in [0.5, 0.6) is 0 Å². The Bertz CT molecular complexity index is 654. The second-order valence-electron chi connectivity index (χ2n) is 8.25. The highest BCUT2D eigenvalue weighted by Crippen LogP contribution is 2.53. The van der Waals surface area contributed by atoms with Crippen molar-refractivity contribution in [3.63, 3.8) is 0 Å². The quantitative estimate of drug-likeness (QED) is 0.898. The van der Waals surface area contributed by atoms with Gasteiger partial charge in [0, 0.05) is 11.7 Å². The van der Waals surface area contributed by atoms with E-state index in [1.54, 1.807) is 13.8 Å². The fourth-order valence-electron chi connectivity index (χ4n) is 5.58. The molecule has 5 rings (SSSR count). The van der Waals surface area contributed by atoms with Crippen LogP contribution in [0.2, 0.25) is 0 Å². The number of nitrogens with zero attached hydrogens (tertiary/aromatic N) is 2. The maximum absolute atomic E-state index is 12.8. The normalized spacial score (nSPS) is 35.0. The summed E-state index contributed by atoms with van der Waals surface area (Å²) in [6.07, 6.45) is 1.60. The molecule has 0 spiro atoms. The van der Waals surface area contributed by atoms with Crippen molar-refractivity contribution < 1.29 is 18.0 Å². The van der Waals surface area contributed by atoms with E-state index in [1.807, 2.05) is 0 Å². The van der Waals surface area contributed by atoms with Crippen LogP contribution in [0.15, 0.2) is 6.07 Å². The van der Waals surface area contributed by atoms with Gasteiger partial charge in [-0.25, -0.2) is 0 Å². The minimum atomic E-state index is -4.49. The van der Waals surface area contributed by atoms with Crippen molar-refractivity contribution in [1.82, 2.24) is 15.1 Å². The zero-order chi connectivity index (χ0) is 17.9. The molecule has 0 aromatic carbocycles. The number of hydrogen-bond acceptors (Lipinski definition) is 2. The number of halogens is 3. The largest absolute Gasteiger partial charge is 0.435 e. The Balaban J connectivity index is 1.47. The van der Waals surface area contributed by atoms with Gasteiger partial charge in [0.25, 0.3) is 0 Å². The van der Waals surface area contributed by atoms with Gasteiger partial charge in [0.05, 0.1) is 0 Å². The van der Waals surface area contributed by atoms with Crippen LogP contribution < -0.4 is 5.32 Å². The van der Waals surface area contributed by atoms with Crippen LogP contribution in [0.3, 0.4) is 0 Å². The summed E-state index contributed by atoms with van der Waals surface area (Å²) in [4.78, 5) is 12.7. The number of hydrogen-bond donors (Lipinski definition) is 1. The molecule has 0 saturated heterocycles. The van der Waals surface area contributed by atoms with Gasteiger partial charge in [-0.2, -0.15) is 18.3 Å². The second-order valence-corrected chi connectivity index (χ2v) is 8.25. The molecular formula is C18H24F3N3O. The number of aromatic nitrogens is 2. The molecule has 1 aromatic heterocycles. The monoisotopic (exact) mass is 355 g/mol. The van der Waals surface area contributed by atoms with Crippen LogP contribution in [-0.2, 0) is 11.0 Å². The van der Waals surface area contributed by atoms with Crippen LogP contribution in [0.1, 0.15) is 56.5 Å². The molecule has 7 heteroatoms. The molecule has 4 nitrogen and oxygen atoms in total. The molecular weight excluding hydrogens is 331 g/mol. The lowest BCUT2D eigenvalue weighted by molar-refractivity contribution is -0.142. The summed E-state index contributed by atoms with van der Waals surface area (Å²) in [6.45, 7) is 3.17. The first kappa shape index (κ1) is 16.9. The molecule has 1 atom stereocenters. The number of amides is 1. The maximum Gasteiger partial charge on any atom is 0.435 e. The molecule has 1 heterocycles. The van der Waals surface area contributed by atoms with Crippen molar-refractivity contribution in [3.05, 3.63) is 17.5 Å². The number of carbonyl (C=O) groups excluding carboxylic acids is 1. The molecule has 1 N–H and O–H groups in total. The first-order valence-corrected chi connectivity index (χ1v) is 9.16. The number of alkyl halides is 3. The molecule has 4 bridgehead atoms. The standard InChI is InChI=1S/C18H24F3N3O/c1-9-3-15(18(19,20)21)23-24(9)10(2)17(25)22-16-13-5-11-4-12(7-13)8-14(16)6-11/h3,10-14,16H,4-8H2,1-2H3,(H,22,25)/t10-,11?,12?,13?,14?,16?/m0/s1. The Kier molecular flexibility index (Phi) is 3.88.